The van der Waals surface area contributed by atoms with Crippen molar-refractivity contribution >= 4 is 21.8 Å². The van der Waals surface area contributed by atoms with Gasteiger partial charge in [0.05, 0.1) is 23.6 Å². The lowest BCUT2D eigenvalue weighted by Crippen LogP contribution is -2.52. The van der Waals surface area contributed by atoms with Crippen molar-refractivity contribution in [2.45, 2.75) is 25.7 Å². The lowest BCUT2D eigenvalue weighted by atomic mass is 10.2. The predicted molar refractivity (Wildman–Crippen MR) is 121 cm³/mol. The van der Waals surface area contributed by atoms with Gasteiger partial charge < -0.3 is 15.0 Å². The number of amides is 2. The van der Waals surface area contributed by atoms with Crippen LogP contribution in [0.25, 0.3) is 0 Å². The molecule has 32 heavy (non-hydrogen) atoms. The minimum Gasteiger partial charge on any atom is -0.493 e. The second kappa shape index (κ2) is 10.1. The Balaban J connectivity index is 1.57. The van der Waals surface area contributed by atoms with Gasteiger partial charge in [-0.25, -0.2) is 8.42 Å². The van der Waals surface area contributed by atoms with Gasteiger partial charge in [0.1, 0.15) is 5.75 Å². The number of sulfonamides is 1. The number of carbonyl (C=O) groups is 2. The quantitative estimate of drug-likeness (QED) is 0.683. The minimum absolute atomic E-state index is 0.164. The highest BCUT2D eigenvalue weighted by atomic mass is 32.2. The van der Waals surface area contributed by atoms with E-state index in [1.165, 1.54) is 4.31 Å². The molecule has 0 atom stereocenters. The number of hydrogen-bond acceptors (Lipinski definition) is 5. The van der Waals surface area contributed by atoms with Crippen LogP contribution in [-0.2, 0) is 14.8 Å². The normalized spacial score (nSPS) is 14.8. The average molecular weight is 460 g/mol. The summed E-state index contributed by atoms with van der Waals surface area (Å²) in [5.41, 5.74) is 1.94. The number of para-hydroxylation sites is 1. The maximum atomic E-state index is 13.0. The van der Waals surface area contributed by atoms with E-state index in [1.54, 1.807) is 48.2 Å². The van der Waals surface area contributed by atoms with E-state index in [9.17, 15) is 18.0 Å². The third-order valence-electron chi connectivity index (χ3n) is 5.38. The third-order valence-corrected chi connectivity index (χ3v) is 7.43. The van der Waals surface area contributed by atoms with Gasteiger partial charge in [0.2, 0.25) is 15.9 Å². The van der Waals surface area contributed by atoms with Crippen molar-refractivity contribution in [1.82, 2.24) is 14.5 Å². The van der Waals surface area contributed by atoms with Crippen LogP contribution in [0.15, 0.2) is 47.4 Å². The molecule has 3 rings (SSSR count). The summed E-state index contributed by atoms with van der Waals surface area (Å²) in [6, 6.07) is 12.2. The fourth-order valence-electron chi connectivity index (χ4n) is 3.60. The zero-order valence-corrected chi connectivity index (χ0v) is 19.4. The monoisotopic (exact) mass is 459 g/mol. The maximum Gasteiger partial charge on any atom is 0.255 e. The van der Waals surface area contributed by atoms with Crippen molar-refractivity contribution in [2.24, 2.45) is 0 Å². The number of carbonyl (C=O) groups excluding carboxylic acids is 2. The number of piperazine rings is 1. The summed E-state index contributed by atoms with van der Waals surface area (Å²) < 4.78 is 33.0. The zero-order valence-electron chi connectivity index (χ0n) is 18.6. The van der Waals surface area contributed by atoms with Crippen molar-refractivity contribution in [1.29, 1.82) is 0 Å². The smallest absolute Gasteiger partial charge is 0.255 e. The average Bonchev–Trinajstić information content (AvgIpc) is 2.79. The molecule has 1 heterocycles. The molecule has 2 aromatic rings. The van der Waals surface area contributed by atoms with E-state index >= 15 is 0 Å². The molecular formula is C23H29N3O5S. The van der Waals surface area contributed by atoms with Gasteiger partial charge in [-0.15, -0.1) is 0 Å². The lowest BCUT2D eigenvalue weighted by molar-refractivity contribution is -0.131. The molecule has 1 fully saturated rings. The van der Waals surface area contributed by atoms with E-state index < -0.39 is 15.9 Å². The van der Waals surface area contributed by atoms with Crippen molar-refractivity contribution in [3.05, 3.63) is 59.2 Å². The second-order valence-electron chi connectivity index (χ2n) is 7.67. The summed E-state index contributed by atoms with van der Waals surface area (Å²) in [6.07, 6.45) is 0. The molecule has 8 nitrogen and oxygen atoms in total. The zero-order chi connectivity index (χ0) is 23.3. The van der Waals surface area contributed by atoms with Crippen LogP contribution in [0.3, 0.4) is 0 Å². The van der Waals surface area contributed by atoms with Gasteiger partial charge in [0.15, 0.2) is 0 Å². The number of ether oxygens (including phenoxy) is 1. The molecule has 0 aromatic heterocycles. The highest BCUT2D eigenvalue weighted by molar-refractivity contribution is 7.89. The van der Waals surface area contributed by atoms with Crippen molar-refractivity contribution in [3.8, 4) is 5.75 Å². The Kier molecular flexibility index (Phi) is 7.52. The van der Waals surface area contributed by atoms with Crippen LogP contribution in [0, 0.1) is 13.8 Å². The van der Waals surface area contributed by atoms with E-state index in [1.807, 2.05) is 19.9 Å². The van der Waals surface area contributed by atoms with E-state index in [0.717, 1.165) is 5.56 Å². The molecule has 172 valence electrons. The van der Waals surface area contributed by atoms with Crippen molar-refractivity contribution in [2.75, 3.05) is 39.3 Å². The highest BCUT2D eigenvalue weighted by Gasteiger charge is 2.31. The number of aryl methyl sites for hydroxylation is 2. The van der Waals surface area contributed by atoms with Gasteiger partial charge in [0.25, 0.3) is 5.91 Å². The Hall–Kier alpha value is -2.91. The summed E-state index contributed by atoms with van der Waals surface area (Å²) >= 11 is 0. The molecule has 0 radical (unpaired) electrons. The minimum atomic E-state index is -3.62. The molecule has 1 N–H and O–H groups in total. The van der Waals surface area contributed by atoms with Crippen LogP contribution in [-0.4, -0.2) is 68.8 Å². The van der Waals surface area contributed by atoms with Crippen molar-refractivity contribution in [3.63, 3.8) is 0 Å². The summed E-state index contributed by atoms with van der Waals surface area (Å²) in [4.78, 5) is 26.9. The Morgan fingerprint density at radius 1 is 1.03 bits per heavy atom. The summed E-state index contributed by atoms with van der Waals surface area (Å²) in [5, 5.41) is 2.63. The van der Waals surface area contributed by atoms with Crippen LogP contribution in [0.2, 0.25) is 0 Å². The van der Waals surface area contributed by atoms with Gasteiger partial charge in [0, 0.05) is 26.2 Å². The largest absolute Gasteiger partial charge is 0.493 e. The summed E-state index contributed by atoms with van der Waals surface area (Å²) in [5.74, 6) is -0.181. The van der Waals surface area contributed by atoms with Gasteiger partial charge in [-0.3, -0.25) is 9.59 Å². The molecule has 2 aromatic carbocycles. The van der Waals surface area contributed by atoms with Gasteiger partial charge in [-0.2, -0.15) is 4.31 Å². The topological polar surface area (TPSA) is 96.0 Å². The first-order valence-electron chi connectivity index (χ1n) is 10.6. The third kappa shape index (κ3) is 5.28. The van der Waals surface area contributed by atoms with Crippen LogP contribution < -0.4 is 10.1 Å². The maximum absolute atomic E-state index is 13.0. The number of nitrogens with one attached hydrogen (secondary N) is 1. The van der Waals surface area contributed by atoms with Crippen LogP contribution in [0.1, 0.15) is 28.4 Å². The molecule has 0 bridgehead atoms. The number of hydrogen-bond donors (Lipinski definition) is 1. The molecule has 9 heteroatoms. The molecule has 1 aliphatic heterocycles. The first kappa shape index (κ1) is 23.7. The Morgan fingerprint density at radius 2 is 1.72 bits per heavy atom. The number of rotatable bonds is 7. The molecule has 0 unspecified atom stereocenters. The number of benzene rings is 2. The van der Waals surface area contributed by atoms with Crippen molar-refractivity contribution < 1.29 is 22.7 Å². The SMILES string of the molecule is CCOc1ccccc1C(=O)NCC(=O)N1CCN(S(=O)(=O)c2cc(C)ccc2C)CC1. The van der Waals surface area contributed by atoms with E-state index in [4.69, 9.17) is 4.74 Å². The molecule has 2 amide bonds. The molecule has 1 saturated heterocycles. The first-order valence-corrected chi connectivity index (χ1v) is 12.0. The standard InChI is InChI=1S/C23H29N3O5S/c1-4-31-20-8-6-5-7-19(20)23(28)24-16-22(27)25-11-13-26(14-12-25)32(29,30)21-15-17(2)9-10-18(21)3/h5-10,15H,4,11-14,16H2,1-3H3,(H,24,28). The van der Waals surface area contributed by atoms with E-state index in [2.05, 4.69) is 5.32 Å². The first-order chi connectivity index (χ1) is 15.2. The van der Waals surface area contributed by atoms with E-state index in [0.29, 0.717) is 28.4 Å². The fraction of sp³-hybridized carbons (Fsp3) is 0.391. The summed E-state index contributed by atoms with van der Waals surface area (Å²) in [6.45, 7) is 6.70. The van der Waals surface area contributed by atoms with Crippen LogP contribution in [0.5, 0.6) is 5.75 Å². The Bertz CT molecular complexity index is 1090. The van der Waals surface area contributed by atoms with Crippen LogP contribution >= 0.6 is 0 Å². The summed E-state index contributed by atoms with van der Waals surface area (Å²) in [7, 11) is -3.62. The Morgan fingerprint density at radius 3 is 2.41 bits per heavy atom. The molecule has 1 aliphatic rings. The highest BCUT2D eigenvalue weighted by Crippen LogP contribution is 2.22. The van der Waals surface area contributed by atoms with Crippen LogP contribution in [0.4, 0.5) is 0 Å². The lowest BCUT2D eigenvalue weighted by Gasteiger charge is -2.34. The van der Waals surface area contributed by atoms with Gasteiger partial charge >= 0.3 is 0 Å². The second-order valence-corrected chi connectivity index (χ2v) is 9.57. The number of nitrogens with zero attached hydrogens (tertiary/aromatic N) is 2. The fourth-order valence-corrected chi connectivity index (χ4v) is 5.33. The Labute approximate surface area is 189 Å². The molecule has 0 saturated carbocycles. The van der Waals surface area contributed by atoms with Gasteiger partial charge in [-0.05, 0) is 50.1 Å². The van der Waals surface area contributed by atoms with E-state index in [-0.39, 0.29) is 38.6 Å². The predicted octanol–water partition coefficient (Wildman–Crippen LogP) is 1.97. The molecular weight excluding hydrogens is 430 g/mol. The molecule has 0 spiro atoms. The molecule has 0 aliphatic carbocycles. The van der Waals surface area contributed by atoms with Gasteiger partial charge in [-0.1, -0.05) is 24.3 Å².